The van der Waals surface area contributed by atoms with Crippen molar-refractivity contribution in [1.82, 2.24) is 5.32 Å². The molecule has 1 heterocycles. The van der Waals surface area contributed by atoms with Gasteiger partial charge in [0, 0.05) is 24.2 Å². The van der Waals surface area contributed by atoms with Crippen LogP contribution in [-0.4, -0.2) is 25.3 Å². The third-order valence-corrected chi connectivity index (χ3v) is 5.02. The summed E-state index contributed by atoms with van der Waals surface area (Å²) in [5.74, 6) is 0.528. The van der Waals surface area contributed by atoms with E-state index in [0.29, 0.717) is 12.0 Å². The molecule has 1 aliphatic carbocycles. The molecule has 2 fully saturated rings. The molecule has 2 aliphatic rings. The van der Waals surface area contributed by atoms with Gasteiger partial charge in [0.25, 0.3) is 0 Å². The fourth-order valence-electron chi connectivity index (χ4n) is 3.23. The molecule has 2 atom stereocenters. The third kappa shape index (κ3) is 4.70. The van der Waals surface area contributed by atoms with Crippen LogP contribution in [0.15, 0.2) is 24.3 Å². The average molecular weight is 308 g/mol. The molecule has 3 heteroatoms. The van der Waals surface area contributed by atoms with Crippen molar-refractivity contribution in [1.29, 1.82) is 0 Å². The van der Waals surface area contributed by atoms with Crippen LogP contribution in [0.1, 0.15) is 56.4 Å². The van der Waals surface area contributed by atoms with E-state index in [2.05, 4.69) is 17.4 Å². The molecule has 3 rings (SSSR count). The van der Waals surface area contributed by atoms with Crippen LogP contribution in [0.2, 0.25) is 5.02 Å². The number of hydrogen-bond acceptors (Lipinski definition) is 2. The van der Waals surface area contributed by atoms with Gasteiger partial charge in [-0.15, -0.1) is 0 Å². The van der Waals surface area contributed by atoms with E-state index in [1.165, 1.54) is 50.5 Å². The van der Waals surface area contributed by atoms with Gasteiger partial charge in [0.2, 0.25) is 0 Å². The molecule has 0 radical (unpaired) electrons. The first kappa shape index (κ1) is 15.3. The normalized spacial score (nSPS) is 23.4. The fourth-order valence-corrected chi connectivity index (χ4v) is 3.52. The highest BCUT2D eigenvalue weighted by Crippen LogP contribution is 2.30. The van der Waals surface area contributed by atoms with E-state index in [1.807, 2.05) is 12.1 Å². The number of halogens is 1. The van der Waals surface area contributed by atoms with E-state index >= 15 is 0 Å². The minimum absolute atomic E-state index is 0.508. The van der Waals surface area contributed by atoms with E-state index in [0.717, 1.165) is 24.2 Å². The summed E-state index contributed by atoms with van der Waals surface area (Å²) in [5.41, 5.74) is 1.31. The van der Waals surface area contributed by atoms with E-state index < -0.39 is 0 Å². The Bertz CT molecular complexity index is 441. The van der Waals surface area contributed by atoms with Crippen LogP contribution in [-0.2, 0) is 4.74 Å². The van der Waals surface area contributed by atoms with Crippen molar-refractivity contribution in [3.63, 3.8) is 0 Å². The van der Waals surface area contributed by atoms with Gasteiger partial charge < -0.3 is 10.1 Å². The van der Waals surface area contributed by atoms with Gasteiger partial charge in [-0.2, -0.15) is 0 Å². The van der Waals surface area contributed by atoms with Gasteiger partial charge in [-0.1, -0.05) is 36.2 Å². The van der Waals surface area contributed by atoms with Gasteiger partial charge in [0.15, 0.2) is 0 Å². The molecule has 1 aromatic rings. The lowest BCUT2D eigenvalue weighted by atomic mass is 9.92. The molecule has 0 amide bonds. The summed E-state index contributed by atoms with van der Waals surface area (Å²) in [4.78, 5) is 0. The van der Waals surface area contributed by atoms with Gasteiger partial charge in [-0.05, 0) is 56.1 Å². The molecule has 21 heavy (non-hydrogen) atoms. The van der Waals surface area contributed by atoms with Crippen LogP contribution in [0.3, 0.4) is 0 Å². The molecule has 1 aromatic carbocycles. The monoisotopic (exact) mass is 307 g/mol. The Morgan fingerprint density at radius 1 is 1.24 bits per heavy atom. The largest absolute Gasteiger partial charge is 0.378 e. The second-order valence-electron chi connectivity index (χ2n) is 6.47. The number of benzene rings is 1. The molecule has 1 saturated carbocycles. The fraction of sp³-hybridized carbons (Fsp3) is 0.667. The molecular formula is C18H26ClNO. The van der Waals surface area contributed by atoms with Crippen LogP contribution in [0.4, 0.5) is 0 Å². The van der Waals surface area contributed by atoms with Crippen molar-refractivity contribution >= 4 is 11.6 Å². The second-order valence-corrected chi connectivity index (χ2v) is 6.87. The predicted octanol–water partition coefficient (Wildman–Crippen LogP) is 4.52. The van der Waals surface area contributed by atoms with Gasteiger partial charge in [0.1, 0.15) is 0 Å². The van der Waals surface area contributed by atoms with Crippen LogP contribution >= 0.6 is 11.6 Å². The van der Waals surface area contributed by atoms with Crippen LogP contribution in [0.25, 0.3) is 0 Å². The van der Waals surface area contributed by atoms with Crippen LogP contribution in [0, 0.1) is 0 Å². The van der Waals surface area contributed by atoms with Crippen molar-refractivity contribution in [3.8, 4) is 0 Å². The van der Waals surface area contributed by atoms with Crippen molar-refractivity contribution in [3.05, 3.63) is 34.9 Å². The van der Waals surface area contributed by atoms with Gasteiger partial charge in [-0.25, -0.2) is 0 Å². The lowest BCUT2D eigenvalue weighted by Gasteiger charge is -2.20. The Morgan fingerprint density at radius 2 is 2.10 bits per heavy atom. The van der Waals surface area contributed by atoms with E-state index in [1.54, 1.807) is 0 Å². The Morgan fingerprint density at radius 3 is 2.81 bits per heavy atom. The smallest absolute Gasteiger partial charge is 0.0576 e. The van der Waals surface area contributed by atoms with Gasteiger partial charge >= 0.3 is 0 Å². The van der Waals surface area contributed by atoms with Crippen LogP contribution in [0.5, 0.6) is 0 Å². The van der Waals surface area contributed by atoms with E-state index in [-0.39, 0.29) is 0 Å². The summed E-state index contributed by atoms with van der Waals surface area (Å²) in [5, 5.41) is 4.59. The lowest BCUT2D eigenvalue weighted by Crippen LogP contribution is -2.24. The SMILES string of the molecule is Clc1ccccc1C(CCCC1CCCO1)CNC1CC1. The summed E-state index contributed by atoms with van der Waals surface area (Å²) >= 11 is 6.40. The summed E-state index contributed by atoms with van der Waals surface area (Å²) in [6, 6.07) is 9.08. The quantitative estimate of drug-likeness (QED) is 0.762. The molecule has 1 saturated heterocycles. The first-order chi connectivity index (χ1) is 10.3. The highest BCUT2D eigenvalue weighted by molar-refractivity contribution is 6.31. The maximum Gasteiger partial charge on any atom is 0.0576 e. The van der Waals surface area contributed by atoms with E-state index in [4.69, 9.17) is 16.3 Å². The summed E-state index contributed by atoms with van der Waals surface area (Å²) in [7, 11) is 0. The summed E-state index contributed by atoms with van der Waals surface area (Å²) in [6.07, 6.45) is 9.30. The van der Waals surface area contributed by atoms with Crippen molar-refractivity contribution in [2.24, 2.45) is 0 Å². The molecule has 1 aliphatic heterocycles. The minimum atomic E-state index is 0.508. The maximum absolute atomic E-state index is 6.40. The van der Waals surface area contributed by atoms with Crippen LogP contribution < -0.4 is 5.32 Å². The topological polar surface area (TPSA) is 21.3 Å². The molecule has 2 unspecified atom stereocenters. The Hall–Kier alpha value is -0.570. The van der Waals surface area contributed by atoms with E-state index in [9.17, 15) is 0 Å². The molecule has 1 N–H and O–H groups in total. The number of nitrogens with one attached hydrogen (secondary N) is 1. The molecule has 0 aromatic heterocycles. The standard InChI is InChI=1S/C18H26ClNO/c19-18-9-2-1-8-17(18)14(13-20-15-10-11-15)5-3-6-16-7-4-12-21-16/h1-2,8-9,14-16,20H,3-7,10-13H2. The summed E-state index contributed by atoms with van der Waals surface area (Å²) in [6.45, 7) is 2.02. The summed E-state index contributed by atoms with van der Waals surface area (Å²) < 4.78 is 5.73. The Balaban J connectivity index is 1.54. The maximum atomic E-state index is 6.40. The van der Waals surface area contributed by atoms with Crippen molar-refractivity contribution in [2.75, 3.05) is 13.2 Å². The molecule has 0 bridgehead atoms. The highest BCUT2D eigenvalue weighted by Gasteiger charge is 2.23. The zero-order chi connectivity index (χ0) is 14.5. The zero-order valence-corrected chi connectivity index (χ0v) is 13.4. The highest BCUT2D eigenvalue weighted by atomic mass is 35.5. The van der Waals surface area contributed by atoms with Crippen molar-refractivity contribution in [2.45, 2.75) is 63.0 Å². The first-order valence-electron chi connectivity index (χ1n) is 8.42. The number of ether oxygens (including phenoxy) is 1. The first-order valence-corrected chi connectivity index (χ1v) is 8.80. The zero-order valence-electron chi connectivity index (χ0n) is 12.7. The third-order valence-electron chi connectivity index (χ3n) is 4.68. The predicted molar refractivity (Wildman–Crippen MR) is 88.0 cm³/mol. The molecular weight excluding hydrogens is 282 g/mol. The minimum Gasteiger partial charge on any atom is -0.378 e. The number of rotatable bonds is 8. The lowest BCUT2D eigenvalue weighted by molar-refractivity contribution is 0.101. The van der Waals surface area contributed by atoms with Crippen molar-refractivity contribution < 1.29 is 4.74 Å². The molecule has 0 spiro atoms. The van der Waals surface area contributed by atoms with Gasteiger partial charge in [0.05, 0.1) is 6.10 Å². The average Bonchev–Trinajstić information content (AvgIpc) is 3.18. The number of hydrogen-bond donors (Lipinski definition) is 1. The Kier molecular flexibility index (Phi) is 5.56. The molecule has 116 valence electrons. The second kappa shape index (κ2) is 7.62. The Labute approximate surface area is 133 Å². The van der Waals surface area contributed by atoms with Gasteiger partial charge in [-0.3, -0.25) is 0 Å². The molecule has 2 nitrogen and oxygen atoms in total.